The smallest absolute Gasteiger partial charge is 0.261 e. The summed E-state index contributed by atoms with van der Waals surface area (Å²) >= 11 is 0. The third kappa shape index (κ3) is 4.19. The molecule has 0 spiro atoms. The number of carbonyl (C=O) groups is 1. The molecule has 3 N–H and O–H groups in total. The van der Waals surface area contributed by atoms with Gasteiger partial charge in [0, 0.05) is 35.8 Å². The summed E-state index contributed by atoms with van der Waals surface area (Å²) in [7, 11) is 0. The van der Waals surface area contributed by atoms with E-state index in [1.165, 1.54) is 0 Å². The number of carbonyl (C=O) groups excluding carboxylic acids is 1. The lowest BCUT2D eigenvalue weighted by Crippen LogP contribution is -2.33. The average molecular weight is 434 g/mol. The number of aromatic nitrogens is 3. The van der Waals surface area contributed by atoms with E-state index in [1.54, 1.807) is 30.5 Å². The second-order valence-corrected chi connectivity index (χ2v) is 7.79. The van der Waals surface area contributed by atoms with E-state index in [4.69, 9.17) is 0 Å². The van der Waals surface area contributed by atoms with Crippen molar-refractivity contribution < 1.29 is 4.79 Å². The molecule has 0 saturated heterocycles. The lowest BCUT2D eigenvalue weighted by molar-refractivity contribution is 0.0951. The van der Waals surface area contributed by atoms with Crippen LogP contribution in [0.15, 0.2) is 102 Å². The fraction of sp³-hybridized carbons (Fsp3) is 0.0741. The molecule has 33 heavy (non-hydrogen) atoms. The fourth-order valence-corrected chi connectivity index (χ4v) is 4.09. The van der Waals surface area contributed by atoms with Gasteiger partial charge in [0.25, 0.3) is 11.5 Å². The molecule has 0 saturated carbocycles. The van der Waals surface area contributed by atoms with E-state index in [2.05, 4.69) is 26.3 Å². The molecule has 0 bridgehead atoms. The molecule has 2 aromatic carbocycles. The van der Waals surface area contributed by atoms with Crippen LogP contribution >= 0.6 is 0 Å². The van der Waals surface area contributed by atoms with Gasteiger partial charge in [0.1, 0.15) is 5.56 Å². The summed E-state index contributed by atoms with van der Waals surface area (Å²) in [6.07, 6.45) is 3.64. The van der Waals surface area contributed by atoms with Crippen LogP contribution in [0.3, 0.4) is 0 Å². The Bertz CT molecular complexity index is 1460. The van der Waals surface area contributed by atoms with E-state index in [0.717, 1.165) is 22.0 Å². The standard InChI is InChI=1S/C27H22N4O2/c32-26(20-13-14-25(31-27(20)33)24-12-6-7-15-28-24)30-16-21(18-8-2-1-3-9-18)22-17-29-23-11-5-4-10-19(22)23/h1-15,17,21,29H,16H2,(H,30,32)(H,31,33)/t21-/m1/s1. The molecule has 1 atom stereocenters. The number of fused-ring (bicyclic) bond motifs is 1. The molecule has 6 heteroatoms. The van der Waals surface area contributed by atoms with E-state index in [0.29, 0.717) is 17.9 Å². The van der Waals surface area contributed by atoms with Crippen molar-refractivity contribution in [3.63, 3.8) is 0 Å². The maximum Gasteiger partial charge on any atom is 0.261 e. The summed E-state index contributed by atoms with van der Waals surface area (Å²) in [5, 5.41) is 4.07. The minimum Gasteiger partial charge on any atom is -0.361 e. The van der Waals surface area contributed by atoms with Gasteiger partial charge in [-0.2, -0.15) is 0 Å². The van der Waals surface area contributed by atoms with Crippen LogP contribution in [0.2, 0.25) is 0 Å². The maximum absolute atomic E-state index is 12.9. The Morgan fingerprint density at radius 1 is 0.909 bits per heavy atom. The van der Waals surface area contributed by atoms with E-state index >= 15 is 0 Å². The molecule has 0 aliphatic carbocycles. The summed E-state index contributed by atoms with van der Waals surface area (Å²) in [6, 6.07) is 26.8. The molecule has 0 unspecified atom stereocenters. The first-order valence-electron chi connectivity index (χ1n) is 10.7. The van der Waals surface area contributed by atoms with E-state index in [1.807, 2.05) is 60.8 Å². The number of nitrogens with zero attached hydrogens (tertiary/aromatic N) is 1. The Labute approximate surface area is 190 Å². The first kappa shape index (κ1) is 20.5. The summed E-state index contributed by atoms with van der Waals surface area (Å²) in [5.41, 5.74) is 4.06. The number of hydrogen-bond acceptors (Lipinski definition) is 3. The second kappa shape index (κ2) is 8.96. The number of aromatic amines is 2. The Morgan fingerprint density at radius 3 is 2.48 bits per heavy atom. The molecule has 5 aromatic rings. The van der Waals surface area contributed by atoms with Crippen molar-refractivity contribution in [3.8, 4) is 11.4 Å². The number of pyridine rings is 2. The van der Waals surface area contributed by atoms with Crippen molar-refractivity contribution in [1.29, 1.82) is 0 Å². The van der Waals surface area contributed by atoms with Gasteiger partial charge in [-0.15, -0.1) is 0 Å². The third-order valence-electron chi connectivity index (χ3n) is 5.76. The molecule has 162 valence electrons. The van der Waals surface area contributed by atoms with Crippen LogP contribution in [-0.4, -0.2) is 27.4 Å². The molecule has 5 rings (SSSR count). The molecule has 0 fully saturated rings. The molecule has 3 heterocycles. The first-order valence-corrected chi connectivity index (χ1v) is 10.7. The van der Waals surface area contributed by atoms with Gasteiger partial charge in [0.15, 0.2) is 0 Å². The van der Waals surface area contributed by atoms with Crippen molar-refractivity contribution in [2.75, 3.05) is 6.54 Å². The minimum absolute atomic E-state index is 0.0698. The van der Waals surface area contributed by atoms with Crippen molar-refractivity contribution in [1.82, 2.24) is 20.3 Å². The normalized spacial score (nSPS) is 11.9. The van der Waals surface area contributed by atoms with Gasteiger partial charge in [-0.25, -0.2) is 0 Å². The predicted molar refractivity (Wildman–Crippen MR) is 129 cm³/mol. The van der Waals surface area contributed by atoms with Crippen molar-refractivity contribution >= 4 is 16.8 Å². The van der Waals surface area contributed by atoms with Gasteiger partial charge in [0.2, 0.25) is 0 Å². The van der Waals surface area contributed by atoms with Crippen molar-refractivity contribution in [2.45, 2.75) is 5.92 Å². The van der Waals surface area contributed by atoms with E-state index in [-0.39, 0.29) is 11.5 Å². The Hall–Kier alpha value is -4.45. The number of rotatable bonds is 6. The Kier molecular flexibility index (Phi) is 5.55. The molecule has 0 radical (unpaired) electrons. The van der Waals surface area contributed by atoms with Crippen LogP contribution in [-0.2, 0) is 0 Å². The van der Waals surface area contributed by atoms with Gasteiger partial charge >= 0.3 is 0 Å². The van der Waals surface area contributed by atoms with Gasteiger partial charge in [-0.3, -0.25) is 14.6 Å². The monoisotopic (exact) mass is 434 g/mol. The Balaban J connectivity index is 1.41. The molecule has 6 nitrogen and oxygen atoms in total. The zero-order valence-corrected chi connectivity index (χ0v) is 17.8. The summed E-state index contributed by atoms with van der Waals surface area (Å²) in [5.74, 6) is -0.484. The number of nitrogens with one attached hydrogen (secondary N) is 3. The number of H-pyrrole nitrogens is 2. The van der Waals surface area contributed by atoms with Crippen molar-refractivity contribution in [2.24, 2.45) is 0 Å². The predicted octanol–water partition coefficient (Wildman–Crippen LogP) is 4.48. The van der Waals surface area contributed by atoms with Gasteiger partial charge in [-0.1, -0.05) is 54.6 Å². The second-order valence-electron chi connectivity index (χ2n) is 7.79. The van der Waals surface area contributed by atoms with Crippen LogP contribution < -0.4 is 10.9 Å². The van der Waals surface area contributed by atoms with Crippen LogP contribution in [0.5, 0.6) is 0 Å². The number of benzene rings is 2. The lowest BCUT2D eigenvalue weighted by Gasteiger charge is -2.18. The minimum atomic E-state index is -0.445. The summed E-state index contributed by atoms with van der Waals surface area (Å²) in [6.45, 7) is 0.353. The number of para-hydroxylation sites is 1. The highest BCUT2D eigenvalue weighted by atomic mass is 16.2. The highest BCUT2D eigenvalue weighted by Crippen LogP contribution is 2.30. The SMILES string of the molecule is O=C(NC[C@H](c1ccccc1)c1c[nH]c2ccccc12)c1ccc(-c2ccccn2)[nH]c1=O. The van der Waals surface area contributed by atoms with Crippen LogP contribution in [0.1, 0.15) is 27.4 Å². The van der Waals surface area contributed by atoms with Crippen LogP contribution in [0.25, 0.3) is 22.3 Å². The van der Waals surface area contributed by atoms with Gasteiger partial charge in [0.05, 0.1) is 11.4 Å². The lowest BCUT2D eigenvalue weighted by atomic mass is 9.91. The zero-order chi connectivity index (χ0) is 22.6. The largest absolute Gasteiger partial charge is 0.361 e. The fourth-order valence-electron chi connectivity index (χ4n) is 4.09. The highest BCUT2D eigenvalue weighted by Gasteiger charge is 2.20. The molecule has 3 aromatic heterocycles. The summed E-state index contributed by atoms with van der Waals surface area (Å²) in [4.78, 5) is 35.9. The van der Waals surface area contributed by atoms with Gasteiger partial charge < -0.3 is 15.3 Å². The topological polar surface area (TPSA) is 90.6 Å². The average Bonchev–Trinajstić information content (AvgIpc) is 3.29. The molecular formula is C27H22N4O2. The zero-order valence-electron chi connectivity index (χ0n) is 17.8. The molecule has 0 aliphatic rings. The first-order chi connectivity index (χ1) is 16.2. The maximum atomic E-state index is 12.9. The third-order valence-corrected chi connectivity index (χ3v) is 5.76. The van der Waals surface area contributed by atoms with Gasteiger partial charge in [-0.05, 0) is 41.5 Å². The van der Waals surface area contributed by atoms with E-state index < -0.39 is 11.5 Å². The highest BCUT2D eigenvalue weighted by molar-refractivity contribution is 5.94. The summed E-state index contributed by atoms with van der Waals surface area (Å²) < 4.78 is 0. The Morgan fingerprint density at radius 2 is 1.70 bits per heavy atom. The number of amides is 1. The van der Waals surface area contributed by atoms with Crippen LogP contribution in [0, 0.1) is 0 Å². The van der Waals surface area contributed by atoms with Crippen molar-refractivity contribution in [3.05, 3.63) is 124 Å². The van der Waals surface area contributed by atoms with Crippen LogP contribution in [0.4, 0.5) is 0 Å². The molecule has 0 aliphatic heterocycles. The quantitative estimate of drug-likeness (QED) is 0.368. The molecule has 1 amide bonds. The number of hydrogen-bond donors (Lipinski definition) is 3. The molecular weight excluding hydrogens is 412 g/mol. The van der Waals surface area contributed by atoms with E-state index in [9.17, 15) is 9.59 Å².